The number of ketones is 1. The van der Waals surface area contributed by atoms with Crippen LogP contribution in [0, 0.1) is 5.92 Å². The Morgan fingerprint density at radius 3 is 2.38 bits per heavy atom. The highest BCUT2D eigenvalue weighted by atomic mass is 16.2. The predicted octanol–water partition coefficient (Wildman–Crippen LogP) is 2.62. The number of rotatable bonds is 5. The number of nitrogens with one attached hydrogen (secondary N) is 1. The van der Waals surface area contributed by atoms with E-state index >= 15 is 0 Å². The van der Waals surface area contributed by atoms with Gasteiger partial charge in [-0.3, -0.25) is 19.5 Å². The molecule has 5 nitrogen and oxygen atoms in total. The molecular weight excluding hydrogens is 302 g/mol. The van der Waals surface area contributed by atoms with Gasteiger partial charge in [0, 0.05) is 29.6 Å². The summed E-state index contributed by atoms with van der Waals surface area (Å²) < 4.78 is 0. The van der Waals surface area contributed by atoms with E-state index in [1.165, 1.54) is 0 Å². The first kappa shape index (κ1) is 16.3. The first-order valence-electron chi connectivity index (χ1n) is 8.24. The summed E-state index contributed by atoms with van der Waals surface area (Å²) >= 11 is 0. The van der Waals surface area contributed by atoms with Gasteiger partial charge < -0.3 is 5.32 Å². The smallest absolute Gasteiger partial charge is 0.227 e. The molecule has 0 aliphatic carbocycles. The summed E-state index contributed by atoms with van der Waals surface area (Å²) in [5.74, 6) is 0.187. The Labute approximate surface area is 141 Å². The number of aromatic nitrogens is 1. The quantitative estimate of drug-likeness (QED) is 0.859. The van der Waals surface area contributed by atoms with E-state index in [0.29, 0.717) is 6.54 Å². The average Bonchev–Trinajstić information content (AvgIpc) is 2.64. The lowest BCUT2D eigenvalue weighted by atomic mass is 9.95. The minimum Gasteiger partial charge on any atom is -0.326 e. The van der Waals surface area contributed by atoms with E-state index in [1.807, 2.05) is 30.3 Å². The van der Waals surface area contributed by atoms with Crippen molar-refractivity contribution < 1.29 is 9.59 Å². The number of likely N-dealkylation sites (tertiary alicyclic amines) is 1. The van der Waals surface area contributed by atoms with Crippen molar-refractivity contribution in [1.29, 1.82) is 0 Å². The Morgan fingerprint density at radius 1 is 1.04 bits per heavy atom. The molecule has 1 saturated heterocycles. The molecule has 0 radical (unpaired) electrons. The van der Waals surface area contributed by atoms with Crippen LogP contribution in [0.1, 0.15) is 23.2 Å². The van der Waals surface area contributed by atoms with E-state index < -0.39 is 0 Å². The third-order valence-electron chi connectivity index (χ3n) is 4.37. The molecule has 2 heterocycles. The molecule has 1 aliphatic rings. The van der Waals surface area contributed by atoms with Gasteiger partial charge in [0.2, 0.25) is 5.91 Å². The Morgan fingerprint density at radius 2 is 1.71 bits per heavy atom. The van der Waals surface area contributed by atoms with Gasteiger partial charge in [0.15, 0.2) is 5.78 Å². The van der Waals surface area contributed by atoms with Gasteiger partial charge in [-0.05, 0) is 38.1 Å². The minimum atomic E-state index is 0.00115. The van der Waals surface area contributed by atoms with Crippen molar-refractivity contribution in [1.82, 2.24) is 9.88 Å². The Hall–Kier alpha value is -2.53. The van der Waals surface area contributed by atoms with E-state index in [0.717, 1.165) is 37.2 Å². The number of pyridine rings is 1. The first-order chi connectivity index (χ1) is 11.7. The zero-order valence-electron chi connectivity index (χ0n) is 13.5. The van der Waals surface area contributed by atoms with Crippen LogP contribution in [0.25, 0.3) is 0 Å². The molecule has 0 bridgehead atoms. The molecular formula is C19H21N3O2. The number of Topliss-reactive ketones (excluding diaryl/α,β-unsaturated/α-hetero) is 1. The molecule has 0 unspecified atom stereocenters. The highest BCUT2D eigenvalue weighted by Gasteiger charge is 2.26. The highest BCUT2D eigenvalue weighted by Crippen LogP contribution is 2.19. The average molecular weight is 323 g/mol. The summed E-state index contributed by atoms with van der Waals surface area (Å²) in [6, 6.07) is 12.9. The third kappa shape index (κ3) is 4.26. The van der Waals surface area contributed by atoms with Gasteiger partial charge in [0.05, 0.1) is 6.54 Å². The molecule has 1 aromatic heterocycles. The van der Waals surface area contributed by atoms with Crippen LogP contribution in [0.3, 0.4) is 0 Å². The number of amides is 1. The Kier molecular flexibility index (Phi) is 5.33. The molecule has 1 N–H and O–H groups in total. The fraction of sp³-hybridized carbons (Fsp3) is 0.316. The number of hydrogen-bond donors (Lipinski definition) is 1. The van der Waals surface area contributed by atoms with E-state index in [4.69, 9.17) is 0 Å². The molecule has 0 saturated carbocycles. The summed E-state index contributed by atoms with van der Waals surface area (Å²) in [7, 11) is 0. The fourth-order valence-electron chi connectivity index (χ4n) is 2.95. The SMILES string of the molecule is O=C(CN1CCC(C(=O)Nc2ccncc2)CC1)c1ccccc1. The van der Waals surface area contributed by atoms with Crippen LogP contribution in [0.15, 0.2) is 54.9 Å². The number of carbonyl (C=O) groups is 2. The molecule has 1 fully saturated rings. The lowest BCUT2D eigenvalue weighted by Gasteiger charge is -2.30. The van der Waals surface area contributed by atoms with Crippen molar-refractivity contribution in [3.8, 4) is 0 Å². The largest absolute Gasteiger partial charge is 0.326 e. The van der Waals surface area contributed by atoms with Crippen LogP contribution in [-0.2, 0) is 4.79 Å². The number of hydrogen-bond acceptors (Lipinski definition) is 4. The maximum atomic E-state index is 12.3. The van der Waals surface area contributed by atoms with Crippen LogP contribution in [0.4, 0.5) is 5.69 Å². The Bertz CT molecular complexity index is 680. The molecule has 3 rings (SSSR count). The minimum absolute atomic E-state index is 0.00115. The van der Waals surface area contributed by atoms with Crippen LogP contribution < -0.4 is 5.32 Å². The van der Waals surface area contributed by atoms with Crippen molar-refractivity contribution in [2.45, 2.75) is 12.8 Å². The van der Waals surface area contributed by atoms with Crippen LogP contribution in [0.2, 0.25) is 0 Å². The van der Waals surface area contributed by atoms with Crippen LogP contribution >= 0.6 is 0 Å². The second kappa shape index (κ2) is 7.84. The van der Waals surface area contributed by atoms with E-state index in [-0.39, 0.29) is 17.6 Å². The van der Waals surface area contributed by atoms with Crippen molar-refractivity contribution in [3.05, 3.63) is 60.4 Å². The normalized spacial score (nSPS) is 15.8. The zero-order valence-corrected chi connectivity index (χ0v) is 13.5. The molecule has 0 spiro atoms. The second-order valence-corrected chi connectivity index (χ2v) is 6.06. The topological polar surface area (TPSA) is 62.3 Å². The highest BCUT2D eigenvalue weighted by molar-refractivity contribution is 5.97. The van der Waals surface area contributed by atoms with Crippen molar-refractivity contribution in [2.75, 3.05) is 25.0 Å². The molecule has 1 aromatic carbocycles. The molecule has 0 atom stereocenters. The van der Waals surface area contributed by atoms with Gasteiger partial charge in [0.25, 0.3) is 0 Å². The number of anilines is 1. The summed E-state index contributed by atoms with van der Waals surface area (Å²) in [6.07, 6.45) is 4.87. The van der Waals surface area contributed by atoms with Crippen molar-refractivity contribution >= 4 is 17.4 Å². The summed E-state index contributed by atoms with van der Waals surface area (Å²) in [6.45, 7) is 1.96. The van der Waals surface area contributed by atoms with Gasteiger partial charge in [-0.1, -0.05) is 30.3 Å². The number of piperidine rings is 1. The summed E-state index contributed by atoms with van der Waals surface area (Å²) in [5.41, 5.74) is 1.52. The van der Waals surface area contributed by atoms with Crippen molar-refractivity contribution in [2.24, 2.45) is 5.92 Å². The van der Waals surface area contributed by atoms with Crippen LogP contribution in [-0.4, -0.2) is 41.2 Å². The van der Waals surface area contributed by atoms with Gasteiger partial charge in [0.1, 0.15) is 0 Å². The lowest BCUT2D eigenvalue weighted by Crippen LogP contribution is -2.40. The maximum Gasteiger partial charge on any atom is 0.227 e. The summed E-state index contributed by atoms with van der Waals surface area (Å²) in [5, 5.41) is 2.93. The standard InChI is InChI=1S/C19H21N3O2/c23-18(15-4-2-1-3-5-15)14-22-12-8-16(9-13-22)19(24)21-17-6-10-20-11-7-17/h1-7,10-11,16H,8-9,12-14H2,(H,20,21,24). The summed E-state index contributed by atoms with van der Waals surface area (Å²) in [4.78, 5) is 30.6. The molecule has 1 amide bonds. The molecule has 5 heteroatoms. The lowest BCUT2D eigenvalue weighted by molar-refractivity contribution is -0.121. The van der Waals surface area contributed by atoms with E-state index in [2.05, 4.69) is 15.2 Å². The molecule has 24 heavy (non-hydrogen) atoms. The molecule has 1 aliphatic heterocycles. The second-order valence-electron chi connectivity index (χ2n) is 6.06. The van der Waals surface area contributed by atoms with Gasteiger partial charge in [-0.25, -0.2) is 0 Å². The zero-order chi connectivity index (χ0) is 16.8. The number of benzene rings is 1. The van der Waals surface area contributed by atoms with Crippen LogP contribution in [0.5, 0.6) is 0 Å². The monoisotopic (exact) mass is 323 g/mol. The number of nitrogens with zero attached hydrogens (tertiary/aromatic N) is 2. The molecule has 124 valence electrons. The van der Waals surface area contributed by atoms with Gasteiger partial charge in [-0.15, -0.1) is 0 Å². The fourth-order valence-corrected chi connectivity index (χ4v) is 2.95. The van der Waals surface area contributed by atoms with E-state index in [1.54, 1.807) is 24.5 Å². The predicted molar refractivity (Wildman–Crippen MR) is 92.8 cm³/mol. The van der Waals surface area contributed by atoms with Crippen molar-refractivity contribution in [3.63, 3.8) is 0 Å². The first-order valence-corrected chi connectivity index (χ1v) is 8.24. The molecule has 2 aromatic rings. The van der Waals surface area contributed by atoms with E-state index in [9.17, 15) is 9.59 Å². The Balaban J connectivity index is 1.47. The maximum absolute atomic E-state index is 12.3. The third-order valence-corrected chi connectivity index (χ3v) is 4.37. The number of carbonyl (C=O) groups excluding carboxylic acids is 2. The van der Waals surface area contributed by atoms with Gasteiger partial charge in [-0.2, -0.15) is 0 Å². The van der Waals surface area contributed by atoms with Gasteiger partial charge >= 0.3 is 0 Å².